The largest absolute Gasteiger partial charge is 0.497 e. The fourth-order valence-electron chi connectivity index (χ4n) is 4.96. The average Bonchev–Trinajstić information content (AvgIpc) is 3.45. The van der Waals surface area contributed by atoms with Gasteiger partial charge in [-0.25, -0.2) is 4.98 Å². The van der Waals surface area contributed by atoms with Gasteiger partial charge in [0, 0.05) is 44.1 Å². The molecular formula is C25H32N4O4S. The molecular weight excluding hydrogens is 452 g/mol. The van der Waals surface area contributed by atoms with Crippen LogP contribution in [0.3, 0.4) is 0 Å². The Morgan fingerprint density at radius 2 is 2.12 bits per heavy atom. The molecule has 9 heteroatoms. The van der Waals surface area contributed by atoms with Crippen LogP contribution >= 0.6 is 11.3 Å². The predicted molar refractivity (Wildman–Crippen MR) is 130 cm³/mol. The molecule has 2 aromatic rings. The third-order valence-corrected chi connectivity index (χ3v) is 7.69. The molecule has 2 aliphatic heterocycles. The maximum atomic E-state index is 13.8. The third-order valence-electron chi connectivity index (χ3n) is 6.81. The molecule has 2 fully saturated rings. The van der Waals surface area contributed by atoms with Crippen LogP contribution in [-0.4, -0.2) is 78.2 Å². The van der Waals surface area contributed by atoms with Crippen molar-refractivity contribution in [1.82, 2.24) is 19.7 Å². The summed E-state index contributed by atoms with van der Waals surface area (Å²) < 4.78 is 5.40. The highest BCUT2D eigenvalue weighted by Crippen LogP contribution is 2.43. The molecule has 3 amide bonds. The lowest BCUT2D eigenvalue weighted by molar-refractivity contribution is -0.144. The minimum Gasteiger partial charge on any atom is -0.497 e. The summed E-state index contributed by atoms with van der Waals surface area (Å²) in [5, 5.41) is 2.84. The smallest absolute Gasteiger partial charge is 0.240 e. The van der Waals surface area contributed by atoms with Crippen molar-refractivity contribution in [3.05, 3.63) is 46.4 Å². The van der Waals surface area contributed by atoms with E-state index in [4.69, 9.17) is 4.74 Å². The van der Waals surface area contributed by atoms with Crippen LogP contribution in [0.1, 0.15) is 48.7 Å². The number of hydrogen-bond acceptors (Lipinski definition) is 7. The second-order valence-electron chi connectivity index (χ2n) is 9.29. The number of aromatic nitrogens is 1. The molecule has 0 radical (unpaired) electrons. The molecule has 2 aliphatic rings. The van der Waals surface area contributed by atoms with Crippen LogP contribution < -0.4 is 4.74 Å². The number of hydrogen-bond donors (Lipinski definition) is 0. The van der Waals surface area contributed by atoms with Crippen molar-refractivity contribution in [3.63, 3.8) is 0 Å². The van der Waals surface area contributed by atoms with E-state index in [1.165, 1.54) is 4.90 Å². The van der Waals surface area contributed by atoms with Gasteiger partial charge in [0.15, 0.2) is 0 Å². The molecule has 0 aliphatic carbocycles. The average molecular weight is 485 g/mol. The molecule has 8 nitrogen and oxygen atoms in total. The Kier molecular flexibility index (Phi) is 7.33. The zero-order valence-electron chi connectivity index (χ0n) is 20.0. The number of benzene rings is 1. The Balaban J connectivity index is 1.68. The number of amides is 3. The standard InChI is InChI=1S/C25H32N4O4S/c1-27(2)12-13-29-22(31)17-25(24(29)32,18-7-6-8-19(15-18)33-3)16-21(30)28-11-5-4-9-20(28)23-26-10-14-34-23/h6-8,10,14-15,20H,4-5,9,11-13,16-17H2,1-3H3/t20-,25-/m0/s1. The lowest BCUT2D eigenvalue weighted by atomic mass is 9.75. The van der Waals surface area contributed by atoms with Gasteiger partial charge in [0.25, 0.3) is 0 Å². The second-order valence-corrected chi connectivity index (χ2v) is 10.2. The maximum absolute atomic E-state index is 13.8. The monoisotopic (exact) mass is 484 g/mol. The topological polar surface area (TPSA) is 83.1 Å². The van der Waals surface area contributed by atoms with Gasteiger partial charge in [0.2, 0.25) is 17.7 Å². The van der Waals surface area contributed by atoms with Crippen LogP contribution in [-0.2, 0) is 19.8 Å². The molecule has 1 aromatic heterocycles. The van der Waals surface area contributed by atoms with Crippen LogP contribution in [0.15, 0.2) is 35.8 Å². The molecule has 2 saturated heterocycles. The predicted octanol–water partition coefficient (Wildman–Crippen LogP) is 2.85. The van der Waals surface area contributed by atoms with E-state index in [0.29, 0.717) is 30.9 Å². The van der Waals surface area contributed by atoms with Crippen molar-refractivity contribution < 1.29 is 19.1 Å². The van der Waals surface area contributed by atoms with E-state index in [1.807, 2.05) is 35.3 Å². The minimum atomic E-state index is -1.24. The quantitative estimate of drug-likeness (QED) is 0.536. The zero-order chi connectivity index (χ0) is 24.3. The van der Waals surface area contributed by atoms with Crippen LogP contribution in [0, 0.1) is 0 Å². The van der Waals surface area contributed by atoms with E-state index in [9.17, 15) is 14.4 Å². The highest BCUT2D eigenvalue weighted by molar-refractivity contribution is 7.09. The van der Waals surface area contributed by atoms with Crippen LogP contribution in [0.2, 0.25) is 0 Å². The fourth-order valence-corrected chi connectivity index (χ4v) is 5.74. The summed E-state index contributed by atoms with van der Waals surface area (Å²) in [6.07, 6.45) is 4.50. The van der Waals surface area contributed by atoms with Crippen molar-refractivity contribution in [2.45, 2.75) is 43.6 Å². The van der Waals surface area contributed by atoms with E-state index in [-0.39, 0.29) is 36.6 Å². The van der Waals surface area contributed by atoms with Gasteiger partial charge < -0.3 is 14.5 Å². The molecule has 182 valence electrons. The number of methoxy groups -OCH3 is 1. The number of likely N-dealkylation sites (tertiary alicyclic amines) is 2. The maximum Gasteiger partial charge on any atom is 0.240 e. The van der Waals surface area contributed by atoms with E-state index in [1.54, 1.807) is 42.8 Å². The highest BCUT2D eigenvalue weighted by atomic mass is 32.1. The summed E-state index contributed by atoms with van der Waals surface area (Å²) in [4.78, 5) is 50.3. The molecule has 2 atom stereocenters. The summed E-state index contributed by atoms with van der Waals surface area (Å²) >= 11 is 1.55. The van der Waals surface area contributed by atoms with Gasteiger partial charge in [0.05, 0.1) is 18.6 Å². The van der Waals surface area contributed by atoms with E-state index < -0.39 is 5.41 Å². The second kappa shape index (κ2) is 10.2. The van der Waals surface area contributed by atoms with Gasteiger partial charge in [-0.1, -0.05) is 12.1 Å². The first kappa shape index (κ1) is 24.3. The Hall–Kier alpha value is -2.78. The van der Waals surface area contributed by atoms with E-state index in [0.717, 1.165) is 24.3 Å². The van der Waals surface area contributed by atoms with Gasteiger partial charge in [-0.15, -0.1) is 11.3 Å². The first-order valence-electron chi connectivity index (χ1n) is 11.7. The summed E-state index contributed by atoms with van der Waals surface area (Å²) in [6, 6.07) is 7.13. The Morgan fingerprint density at radius 3 is 2.82 bits per heavy atom. The number of nitrogens with zero attached hydrogens (tertiary/aromatic N) is 4. The number of carbonyl (C=O) groups is 3. The van der Waals surface area contributed by atoms with Crippen molar-refractivity contribution in [2.75, 3.05) is 40.8 Å². The Bertz CT molecular complexity index is 1040. The zero-order valence-corrected chi connectivity index (χ0v) is 20.8. The molecule has 0 unspecified atom stereocenters. The summed E-state index contributed by atoms with van der Waals surface area (Å²) in [5.74, 6) is -0.0605. The lowest BCUT2D eigenvalue weighted by Gasteiger charge is -2.37. The number of likely N-dealkylation sites (N-methyl/N-ethyl adjacent to an activating group) is 1. The minimum absolute atomic E-state index is 0.0199. The number of thiazole rings is 1. The molecule has 0 bridgehead atoms. The first-order valence-corrected chi connectivity index (χ1v) is 12.6. The van der Waals surface area contributed by atoms with Crippen molar-refractivity contribution in [2.24, 2.45) is 0 Å². The molecule has 1 aromatic carbocycles. The Morgan fingerprint density at radius 1 is 1.29 bits per heavy atom. The van der Waals surface area contributed by atoms with Gasteiger partial charge >= 0.3 is 0 Å². The Labute approximate surface area is 204 Å². The van der Waals surface area contributed by atoms with Crippen molar-refractivity contribution in [1.29, 1.82) is 0 Å². The lowest BCUT2D eigenvalue weighted by Crippen LogP contribution is -2.46. The van der Waals surface area contributed by atoms with Gasteiger partial charge in [-0.3, -0.25) is 19.3 Å². The normalized spacial score (nSPS) is 23.1. The van der Waals surface area contributed by atoms with Gasteiger partial charge in [-0.2, -0.15) is 0 Å². The van der Waals surface area contributed by atoms with Crippen LogP contribution in [0.4, 0.5) is 0 Å². The van der Waals surface area contributed by atoms with E-state index in [2.05, 4.69) is 4.98 Å². The van der Waals surface area contributed by atoms with Crippen LogP contribution in [0.5, 0.6) is 5.75 Å². The summed E-state index contributed by atoms with van der Waals surface area (Å²) in [7, 11) is 5.37. The van der Waals surface area contributed by atoms with E-state index >= 15 is 0 Å². The molecule has 0 saturated carbocycles. The summed E-state index contributed by atoms with van der Waals surface area (Å²) in [5.41, 5.74) is -0.589. The number of ether oxygens (including phenoxy) is 1. The molecule has 0 spiro atoms. The molecule has 3 heterocycles. The summed E-state index contributed by atoms with van der Waals surface area (Å²) in [6.45, 7) is 1.50. The van der Waals surface area contributed by atoms with Crippen LogP contribution in [0.25, 0.3) is 0 Å². The molecule has 4 rings (SSSR count). The SMILES string of the molecule is COc1cccc([C@]2(CC(=O)N3CCCC[C@H]3c3nccs3)CC(=O)N(CCN(C)C)C2=O)c1. The number of rotatable bonds is 8. The first-order chi connectivity index (χ1) is 16.4. The van der Waals surface area contributed by atoms with Gasteiger partial charge in [-0.05, 0) is 51.1 Å². The highest BCUT2D eigenvalue weighted by Gasteiger charge is 2.54. The number of imide groups is 1. The fraction of sp³-hybridized carbons (Fsp3) is 0.520. The van der Waals surface area contributed by atoms with Gasteiger partial charge in [0.1, 0.15) is 10.8 Å². The molecule has 34 heavy (non-hydrogen) atoms. The molecule has 0 N–H and O–H groups in total. The van der Waals surface area contributed by atoms with Crippen molar-refractivity contribution in [3.8, 4) is 5.75 Å². The third kappa shape index (κ3) is 4.72. The van der Waals surface area contributed by atoms with Crippen molar-refractivity contribution >= 4 is 29.1 Å². The number of piperidine rings is 1. The number of carbonyl (C=O) groups excluding carboxylic acids is 3.